The molecule has 0 atom stereocenters. The predicted octanol–water partition coefficient (Wildman–Crippen LogP) is 2.86. The van der Waals surface area contributed by atoms with E-state index in [1.165, 1.54) is 35.4 Å². The van der Waals surface area contributed by atoms with Crippen molar-refractivity contribution in [1.82, 2.24) is 30.0 Å². The SMILES string of the molecule is Cc1ccccc1-n1ncc(C(=O)Nc2cc(-n3cnnn3)ccc2F)c1C. The van der Waals surface area contributed by atoms with E-state index in [2.05, 4.69) is 25.9 Å². The topological polar surface area (TPSA) is 90.5 Å². The first-order chi connectivity index (χ1) is 13.5. The molecule has 0 fully saturated rings. The molecule has 0 unspecified atom stereocenters. The Morgan fingerprint density at radius 3 is 2.71 bits per heavy atom. The van der Waals surface area contributed by atoms with Crippen molar-refractivity contribution in [2.75, 3.05) is 5.32 Å². The molecule has 8 nitrogen and oxygen atoms in total. The summed E-state index contributed by atoms with van der Waals surface area (Å²) in [6.07, 6.45) is 2.86. The Labute approximate surface area is 159 Å². The first-order valence-electron chi connectivity index (χ1n) is 8.49. The van der Waals surface area contributed by atoms with Gasteiger partial charge in [0.05, 0.1) is 34.5 Å². The molecule has 140 valence electrons. The fraction of sp³-hybridized carbons (Fsp3) is 0.105. The van der Waals surface area contributed by atoms with Crippen LogP contribution in [0.15, 0.2) is 55.0 Å². The smallest absolute Gasteiger partial charge is 0.259 e. The van der Waals surface area contributed by atoms with Crippen LogP contribution in [0.1, 0.15) is 21.6 Å². The Morgan fingerprint density at radius 2 is 1.96 bits per heavy atom. The maximum atomic E-state index is 14.2. The van der Waals surface area contributed by atoms with Crippen LogP contribution in [0.4, 0.5) is 10.1 Å². The molecule has 2 heterocycles. The van der Waals surface area contributed by atoms with Crippen LogP contribution in [0.25, 0.3) is 11.4 Å². The Balaban J connectivity index is 1.63. The number of carbonyl (C=O) groups is 1. The lowest BCUT2D eigenvalue weighted by atomic mass is 10.2. The lowest BCUT2D eigenvalue weighted by molar-refractivity contribution is 0.102. The number of para-hydroxylation sites is 1. The number of carbonyl (C=O) groups excluding carboxylic acids is 1. The minimum absolute atomic E-state index is 0.0287. The van der Waals surface area contributed by atoms with Gasteiger partial charge in [0, 0.05) is 0 Å². The van der Waals surface area contributed by atoms with Crippen LogP contribution in [0.2, 0.25) is 0 Å². The van der Waals surface area contributed by atoms with Crippen LogP contribution >= 0.6 is 0 Å². The Kier molecular flexibility index (Phi) is 4.40. The van der Waals surface area contributed by atoms with E-state index in [1.807, 2.05) is 31.2 Å². The van der Waals surface area contributed by atoms with E-state index in [1.54, 1.807) is 11.6 Å². The van der Waals surface area contributed by atoms with Crippen LogP contribution in [-0.2, 0) is 0 Å². The maximum Gasteiger partial charge on any atom is 0.259 e. The van der Waals surface area contributed by atoms with Gasteiger partial charge in [-0.3, -0.25) is 4.79 Å². The molecule has 1 N–H and O–H groups in total. The molecule has 0 spiro atoms. The molecule has 9 heteroatoms. The molecule has 0 aliphatic carbocycles. The zero-order valence-electron chi connectivity index (χ0n) is 15.2. The molecule has 4 rings (SSSR count). The first-order valence-corrected chi connectivity index (χ1v) is 8.49. The minimum Gasteiger partial charge on any atom is -0.319 e. The highest BCUT2D eigenvalue weighted by Crippen LogP contribution is 2.21. The molecule has 0 saturated heterocycles. The molecule has 0 radical (unpaired) electrons. The Bertz CT molecular complexity index is 1150. The number of tetrazole rings is 1. The minimum atomic E-state index is -0.561. The van der Waals surface area contributed by atoms with Crippen molar-refractivity contribution >= 4 is 11.6 Å². The zero-order chi connectivity index (χ0) is 19.7. The van der Waals surface area contributed by atoms with Gasteiger partial charge in [-0.25, -0.2) is 13.8 Å². The monoisotopic (exact) mass is 377 g/mol. The molecule has 4 aromatic rings. The number of nitrogens with one attached hydrogen (secondary N) is 1. The second-order valence-electron chi connectivity index (χ2n) is 6.21. The van der Waals surface area contributed by atoms with Gasteiger partial charge >= 0.3 is 0 Å². The summed E-state index contributed by atoms with van der Waals surface area (Å²) in [6.45, 7) is 3.76. The molecule has 1 amide bonds. The van der Waals surface area contributed by atoms with Gasteiger partial charge in [-0.05, 0) is 54.1 Å². The third-order valence-electron chi connectivity index (χ3n) is 4.41. The molecule has 0 aliphatic rings. The third kappa shape index (κ3) is 3.13. The molecule has 2 aromatic carbocycles. The number of halogens is 1. The number of amides is 1. The molecular weight excluding hydrogens is 361 g/mol. The number of anilines is 1. The average Bonchev–Trinajstić information content (AvgIpc) is 3.34. The van der Waals surface area contributed by atoms with Crippen molar-refractivity contribution in [2.45, 2.75) is 13.8 Å². The van der Waals surface area contributed by atoms with E-state index in [0.29, 0.717) is 16.9 Å². The second-order valence-corrected chi connectivity index (χ2v) is 6.21. The normalized spacial score (nSPS) is 10.8. The van der Waals surface area contributed by atoms with Crippen molar-refractivity contribution in [1.29, 1.82) is 0 Å². The number of hydrogen-bond acceptors (Lipinski definition) is 5. The van der Waals surface area contributed by atoms with Gasteiger partial charge in [-0.1, -0.05) is 18.2 Å². The van der Waals surface area contributed by atoms with E-state index < -0.39 is 11.7 Å². The lowest BCUT2D eigenvalue weighted by Crippen LogP contribution is -2.14. The molecule has 0 aliphatic heterocycles. The number of nitrogens with zero attached hydrogens (tertiary/aromatic N) is 6. The highest BCUT2D eigenvalue weighted by molar-refractivity contribution is 6.05. The summed E-state index contributed by atoms with van der Waals surface area (Å²) in [5.74, 6) is -1.01. The number of aryl methyl sites for hydroxylation is 1. The zero-order valence-corrected chi connectivity index (χ0v) is 15.2. The lowest BCUT2D eigenvalue weighted by Gasteiger charge is -2.10. The van der Waals surface area contributed by atoms with E-state index >= 15 is 0 Å². The third-order valence-corrected chi connectivity index (χ3v) is 4.41. The predicted molar refractivity (Wildman–Crippen MR) is 100 cm³/mol. The average molecular weight is 377 g/mol. The van der Waals surface area contributed by atoms with Gasteiger partial charge in [0.2, 0.25) is 0 Å². The summed E-state index contributed by atoms with van der Waals surface area (Å²) in [5.41, 5.74) is 3.47. The first kappa shape index (κ1) is 17.5. The number of benzene rings is 2. The summed E-state index contributed by atoms with van der Waals surface area (Å²) < 4.78 is 17.3. The fourth-order valence-corrected chi connectivity index (χ4v) is 2.90. The van der Waals surface area contributed by atoms with E-state index in [4.69, 9.17) is 0 Å². The van der Waals surface area contributed by atoms with Crippen molar-refractivity contribution in [3.05, 3.63) is 77.6 Å². The largest absolute Gasteiger partial charge is 0.319 e. The Hall–Kier alpha value is -3.88. The highest BCUT2D eigenvalue weighted by atomic mass is 19.1. The van der Waals surface area contributed by atoms with Crippen LogP contribution in [-0.4, -0.2) is 35.9 Å². The van der Waals surface area contributed by atoms with Gasteiger partial charge in [-0.2, -0.15) is 5.10 Å². The summed E-state index contributed by atoms with van der Waals surface area (Å²) in [5, 5.41) is 17.8. The molecular formula is C19H16FN7O. The summed E-state index contributed by atoms with van der Waals surface area (Å²) >= 11 is 0. The number of hydrogen-bond donors (Lipinski definition) is 1. The number of aromatic nitrogens is 6. The Morgan fingerprint density at radius 1 is 1.14 bits per heavy atom. The van der Waals surface area contributed by atoms with Crippen molar-refractivity contribution in [3.8, 4) is 11.4 Å². The van der Waals surface area contributed by atoms with Gasteiger partial charge in [0.15, 0.2) is 0 Å². The van der Waals surface area contributed by atoms with Crippen LogP contribution in [0.5, 0.6) is 0 Å². The molecule has 0 saturated carbocycles. The van der Waals surface area contributed by atoms with Crippen LogP contribution in [0.3, 0.4) is 0 Å². The van der Waals surface area contributed by atoms with E-state index in [-0.39, 0.29) is 5.69 Å². The summed E-state index contributed by atoms with van der Waals surface area (Å²) in [6, 6.07) is 12.0. The van der Waals surface area contributed by atoms with Gasteiger partial charge < -0.3 is 5.32 Å². The van der Waals surface area contributed by atoms with Gasteiger partial charge in [0.1, 0.15) is 12.1 Å². The fourth-order valence-electron chi connectivity index (χ4n) is 2.90. The second kappa shape index (κ2) is 7.03. The van der Waals surface area contributed by atoms with Gasteiger partial charge in [-0.15, -0.1) is 5.10 Å². The van der Waals surface area contributed by atoms with Crippen molar-refractivity contribution in [2.24, 2.45) is 0 Å². The molecule has 2 aromatic heterocycles. The van der Waals surface area contributed by atoms with Gasteiger partial charge in [0.25, 0.3) is 5.91 Å². The molecule has 28 heavy (non-hydrogen) atoms. The van der Waals surface area contributed by atoms with Crippen molar-refractivity contribution < 1.29 is 9.18 Å². The quantitative estimate of drug-likeness (QED) is 0.591. The van der Waals surface area contributed by atoms with Crippen LogP contribution < -0.4 is 5.32 Å². The van der Waals surface area contributed by atoms with E-state index in [0.717, 1.165) is 11.3 Å². The summed E-state index contributed by atoms with van der Waals surface area (Å²) in [7, 11) is 0. The van der Waals surface area contributed by atoms with Crippen molar-refractivity contribution in [3.63, 3.8) is 0 Å². The van der Waals surface area contributed by atoms with E-state index in [9.17, 15) is 9.18 Å². The van der Waals surface area contributed by atoms with Crippen LogP contribution in [0, 0.1) is 19.7 Å². The maximum absolute atomic E-state index is 14.2. The summed E-state index contributed by atoms with van der Waals surface area (Å²) in [4.78, 5) is 12.7. The standard InChI is InChI=1S/C19H16FN7O/c1-12-5-3-4-6-18(12)27-13(2)15(10-22-27)19(28)23-17-9-14(7-8-16(17)20)26-11-21-24-25-26/h3-11H,1-2H3,(H,23,28). The molecule has 0 bridgehead atoms. The number of rotatable bonds is 4. The highest BCUT2D eigenvalue weighted by Gasteiger charge is 2.18.